The van der Waals surface area contributed by atoms with Gasteiger partial charge in [-0.15, -0.1) is 11.3 Å². The summed E-state index contributed by atoms with van der Waals surface area (Å²) in [6.07, 6.45) is 0.149. The molecular formula is C12H13NO3S. The van der Waals surface area contributed by atoms with E-state index in [1.807, 2.05) is 18.4 Å². The smallest absolute Gasteiger partial charge is 0.311 e. The summed E-state index contributed by atoms with van der Waals surface area (Å²) in [5, 5.41) is 1.99. The summed E-state index contributed by atoms with van der Waals surface area (Å²) in [5.41, 5.74) is 1.76. The van der Waals surface area contributed by atoms with Crippen molar-refractivity contribution in [2.24, 2.45) is 0 Å². The van der Waals surface area contributed by atoms with Crippen LogP contribution in [0.15, 0.2) is 15.9 Å². The molecule has 0 unspecified atom stereocenters. The van der Waals surface area contributed by atoms with E-state index in [-0.39, 0.29) is 12.4 Å². The van der Waals surface area contributed by atoms with Crippen molar-refractivity contribution in [3.8, 4) is 10.8 Å². The highest BCUT2D eigenvalue weighted by atomic mass is 32.1. The third-order valence-electron chi connectivity index (χ3n) is 2.49. The Morgan fingerprint density at radius 3 is 2.88 bits per heavy atom. The summed E-state index contributed by atoms with van der Waals surface area (Å²) in [6, 6.07) is 2.01. The highest BCUT2D eigenvalue weighted by molar-refractivity contribution is 7.13. The molecule has 0 saturated carbocycles. The van der Waals surface area contributed by atoms with Crippen molar-refractivity contribution in [2.45, 2.75) is 20.3 Å². The predicted molar refractivity (Wildman–Crippen MR) is 65.0 cm³/mol. The molecule has 0 spiro atoms. The van der Waals surface area contributed by atoms with E-state index in [0.29, 0.717) is 17.3 Å². The van der Waals surface area contributed by atoms with Gasteiger partial charge >= 0.3 is 5.97 Å². The number of aryl methyl sites for hydroxylation is 2. The van der Waals surface area contributed by atoms with Crippen LogP contribution in [-0.2, 0) is 16.0 Å². The molecule has 2 aromatic heterocycles. The molecule has 2 rings (SSSR count). The molecule has 17 heavy (non-hydrogen) atoms. The molecule has 5 heteroatoms. The Labute approximate surface area is 103 Å². The lowest BCUT2D eigenvalue weighted by Crippen LogP contribution is -2.05. The number of oxazole rings is 1. The minimum atomic E-state index is -0.309. The van der Waals surface area contributed by atoms with Gasteiger partial charge in [-0.25, -0.2) is 4.98 Å². The number of hydrogen-bond acceptors (Lipinski definition) is 5. The van der Waals surface area contributed by atoms with Crippen molar-refractivity contribution in [1.82, 2.24) is 4.98 Å². The van der Waals surface area contributed by atoms with Gasteiger partial charge in [-0.1, -0.05) is 0 Å². The third-order valence-corrected chi connectivity index (χ3v) is 3.49. The summed E-state index contributed by atoms with van der Waals surface area (Å²) < 4.78 is 10.2. The number of rotatable bonds is 3. The van der Waals surface area contributed by atoms with E-state index < -0.39 is 0 Å². The Hall–Kier alpha value is -1.62. The lowest BCUT2D eigenvalue weighted by atomic mass is 10.3. The molecule has 0 radical (unpaired) electrons. The number of thiophene rings is 1. The van der Waals surface area contributed by atoms with Crippen molar-refractivity contribution in [2.75, 3.05) is 7.11 Å². The fraction of sp³-hybridized carbons (Fsp3) is 0.333. The number of hydrogen-bond donors (Lipinski definition) is 0. The number of aromatic nitrogens is 1. The fourth-order valence-electron chi connectivity index (χ4n) is 1.49. The maximum atomic E-state index is 11.2. The minimum absolute atomic E-state index is 0.149. The topological polar surface area (TPSA) is 52.3 Å². The first-order valence-corrected chi connectivity index (χ1v) is 6.07. The van der Waals surface area contributed by atoms with Gasteiger partial charge in [-0.3, -0.25) is 4.79 Å². The van der Waals surface area contributed by atoms with Gasteiger partial charge in [-0.2, -0.15) is 0 Å². The van der Waals surface area contributed by atoms with Crippen LogP contribution in [0.1, 0.15) is 17.0 Å². The maximum Gasteiger partial charge on any atom is 0.311 e. The summed E-state index contributed by atoms with van der Waals surface area (Å²) in [4.78, 5) is 16.5. The van der Waals surface area contributed by atoms with Crippen LogP contribution >= 0.6 is 11.3 Å². The zero-order valence-corrected chi connectivity index (χ0v) is 10.8. The Balaban J connectivity index is 2.31. The minimum Gasteiger partial charge on any atom is -0.469 e. The molecule has 0 saturated heterocycles. The van der Waals surface area contributed by atoms with Gasteiger partial charge in [0.25, 0.3) is 0 Å². The second-order valence-electron chi connectivity index (χ2n) is 3.71. The Morgan fingerprint density at radius 2 is 2.29 bits per heavy atom. The zero-order chi connectivity index (χ0) is 12.4. The summed E-state index contributed by atoms with van der Waals surface area (Å²) in [6.45, 7) is 3.81. The lowest BCUT2D eigenvalue weighted by Gasteiger charge is -1.94. The van der Waals surface area contributed by atoms with Crippen LogP contribution in [0.2, 0.25) is 0 Å². The van der Waals surface area contributed by atoms with E-state index in [9.17, 15) is 4.79 Å². The molecule has 0 N–H and O–H groups in total. The van der Waals surface area contributed by atoms with Gasteiger partial charge in [0.1, 0.15) is 5.76 Å². The molecule has 0 aliphatic rings. The number of ether oxygens (including phenoxy) is 1. The van der Waals surface area contributed by atoms with Crippen LogP contribution in [0.5, 0.6) is 0 Å². The van der Waals surface area contributed by atoms with Gasteiger partial charge in [0.15, 0.2) is 0 Å². The predicted octanol–water partition coefficient (Wildman–Crippen LogP) is 2.74. The molecule has 0 aromatic carbocycles. The molecule has 0 bridgehead atoms. The Bertz CT molecular complexity index is 542. The van der Waals surface area contributed by atoms with Crippen molar-refractivity contribution in [3.63, 3.8) is 0 Å². The summed E-state index contributed by atoms with van der Waals surface area (Å²) >= 11 is 1.58. The van der Waals surface area contributed by atoms with Crippen LogP contribution in [0.3, 0.4) is 0 Å². The largest absolute Gasteiger partial charge is 0.469 e. The zero-order valence-electron chi connectivity index (χ0n) is 9.94. The number of carbonyl (C=O) groups is 1. The number of methoxy groups -OCH3 is 1. The Morgan fingerprint density at radius 1 is 1.53 bits per heavy atom. The van der Waals surface area contributed by atoms with Gasteiger partial charge in [-0.05, 0) is 30.9 Å². The average Bonchev–Trinajstić information content (AvgIpc) is 2.86. The molecule has 90 valence electrons. The highest BCUT2D eigenvalue weighted by Crippen LogP contribution is 2.29. The molecule has 0 aliphatic carbocycles. The number of carbonyl (C=O) groups excluding carboxylic acids is 1. The highest BCUT2D eigenvalue weighted by Gasteiger charge is 2.16. The van der Waals surface area contributed by atoms with E-state index in [2.05, 4.69) is 9.72 Å². The van der Waals surface area contributed by atoms with Gasteiger partial charge < -0.3 is 9.15 Å². The maximum absolute atomic E-state index is 11.2. The molecule has 2 heterocycles. The van der Waals surface area contributed by atoms with Crippen molar-refractivity contribution in [1.29, 1.82) is 0 Å². The second kappa shape index (κ2) is 4.71. The first kappa shape index (κ1) is 11.9. The first-order valence-electron chi connectivity index (χ1n) is 5.19. The molecule has 0 atom stereocenters. The monoisotopic (exact) mass is 251 g/mol. The summed E-state index contributed by atoms with van der Waals surface area (Å²) in [7, 11) is 1.36. The van der Waals surface area contributed by atoms with Crippen molar-refractivity contribution >= 4 is 17.3 Å². The average molecular weight is 251 g/mol. The lowest BCUT2D eigenvalue weighted by molar-refractivity contribution is -0.139. The van der Waals surface area contributed by atoms with Crippen molar-refractivity contribution < 1.29 is 13.9 Å². The second-order valence-corrected chi connectivity index (χ2v) is 4.62. The molecule has 4 nitrogen and oxygen atoms in total. The fourth-order valence-corrected chi connectivity index (χ4v) is 2.34. The van der Waals surface area contributed by atoms with E-state index in [0.717, 1.165) is 10.4 Å². The van der Waals surface area contributed by atoms with Crippen LogP contribution in [0.25, 0.3) is 10.8 Å². The van der Waals surface area contributed by atoms with Crippen molar-refractivity contribution in [3.05, 3.63) is 28.5 Å². The molecule has 0 fully saturated rings. The SMILES string of the molecule is COC(=O)Cc1nc(-c2sccc2C)oc1C. The standard InChI is InChI=1S/C12H13NO3S/c1-7-4-5-17-11(7)12-13-9(8(2)16-12)6-10(14)15-3/h4-5H,6H2,1-3H3. The third kappa shape index (κ3) is 2.39. The van der Waals surface area contributed by atoms with Gasteiger partial charge in [0, 0.05) is 0 Å². The summed E-state index contributed by atoms with van der Waals surface area (Å²) in [5.74, 6) is 0.933. The number of nitrogens with zero attached hydrogens (tertiary/aromatic N) is 1. The molecule has 0 aliphatic heterocycles. The number of esters is 1. The van der Waals surface area contributed by atoms with E-state index in [1.54, 1.807) is 18.3 Å². The van der Waals surface area contributed by atoms with Crippen LogP contribution < -0.4 is 0 Å². The van der Waals surface area contributed by atoms with E-state index >= 15 is 0 Å². The quantitative estimate of drug-likeness (QED) is 0.787. The van der Waals surface area contributed by atoms with Gasteiger partial charge in [0.2, 0.25) is 5.89 Å². The van der Waals surface area contributed by atoms with E-state index in [4.69, 9.17) is 4.42 Å². The van der Waals surface area contributed by atoms with Crippen LogP contribution in [-0.4, -0.2) is 18.1 Å². The Kier molecular flexibility index (Phi) is 3.28. The molecule has 2 aromatic rings. The molecular weight excluding hydrogens is 238 g/mol. The van der Waals surface area contributed by atoms with E-state index in [1.165, 1.54) is 7.11 Å². The van der Waals surface area contributed by atoms with Gasteiger partial charge in [0.05, 0.1) is 24.1 Å². The van der Waals surface area contributed by atoms with Crippen LogP contribution in [0.4, 0.5) is 0 Å². The first-order chi connectivity index (χ1) is 8.11. The normalized spacial score (nSPS) is 10.5. The molecule has 0 amide bonds. The van der Waals surface area contributed by atoms with Crippen LogP contribution in [0, 0.1) is 13.8 Å².